The largest absolute Gasteiger partial charge is 0.746 e. The Balaban J connectivity index is 1.58. The Morgan fingerprint density at radius 3 is 2.52 bits per heavy atom. The summed E-state index contributed by atoms with van der Waals surface area (Å²) in [5.74, 6) is -3.03. The van der Waals surface area contributed by atoms with Gasteiger partial charge < -0.3 is 35.2 Å². The summed E-state index contributed by atoms with van der Waals surface area (Å²) in [6.07, 6.45) is -5.54. The highest BCUT2D eigenvalue weighted by Crippen LogP contribution is 2.30. The van der Waals surface area contributed by atoms with Gasteiger partial charge in [-0.05, 0) is 42.9 Å². The molecule has 2 aliphatic rings. The SMILES string of the molecule is CC(C)C[C@H](NC(=O)OCC1CC(=O)N(Cc2cccc(C(F)(F)F)c2)C1)C(=O)N[C@@H](C[C@@H]1CCNC1=O)C(O)S(=O)(=O)[O-]. The Hall–Kier alpha value is -3.44. The number of aliphatic hydroxyl groups excluding tert-OH is 1. The van der Waals surface area contributed by atoms with Crippen LogP contribution < -0.4 is 16.0 Å². The molecule has 1 aromatic rings. The molecule has 0 radical (unpaired) electrons. The molecule has 17 heteroatoms. The zero-order chi connectivity index (χ0) is 32.8. The van der Waals surface area contributed by atoms with Crippen LogP contribution in [0.4, 0.5) is 18.0 Å². The van der Waals surface area contributed by atoms with Gasteiger partial charge in [0.15, 0.2) is 5.44 Å². The standard InChI is InChI=1S/C27H37F3N4O9S/c1-15(2)8-20(24(37)32-21(25(38)44(40,41)42)11-18-6-7-31-23(18)36)33-26(39)43-14-17-10-22(35)34(13-17)12-16-4-3-5-19(9-16)27(28,29)30/h3-5,9,15,17-18,20-21,25,38H,6-8,10-14H2,1-2H3,(H,31,36)(H,32,37)(H,33,39)(H,40,41,42)/p-1/t17?,18-,20-,21-,25?/m0/s1. The molecule has 2 saturated heterocycles. The summed E-state index contributed by atoms with van der Waals surface area (Å²) in [5.41, 5.74) is -3.08. The lowest BCUT2D eigenvalue weighted by Gasteiger charge is -2.29. The number of alkyl halides is 3. The van der Waals surface area contributed by atoms with E-state index in [0.717, 1.165) is 12.1 Å². The minimum atomic E-state index is -5.27. The Morgan fingerprint density at radius 2 is 1.93 bits per heavy atom. The van der Waals surface area contributed by atoms with Crippen LogP contribution in [-0.4, -0.2) is 84.0 Å². The number of likely N-dealkylation sites (tertiary alicyclic amines) is 1. The molecule has 5 atom stereocenters. The van der Waals surface area contributed by atoms with Crippen molar-refractivity contribution in [2.24, 2.45) is 17.8 Å². The number of carbonyl (C=O) groups is 4. The number of carbonyl (C=O) groups excluding carboxylic acids is 4. The third-order valence-corrected chi connectivity index (χ3v) is 8.28. The van der Waals surface area contributed by atoms with Gasteiger partial charge in [-0.3, -0.25) is 14.4 Å². The van der Waals surface area contributed by atoms with Crippen LogP contribution in [0, 0.1) is 17.8 Å². The van der Waals surface area contributed by atoms with Crippen molar-refractivity contribution in [3.05, 3.63) is 35.4 Å². The summed E-state index contributed by atoms with van der Waals surface area (Å²) in [4.78, 5) is 51.5. The molecule has 4 amide bonds. The predicted molar refractivity (Wildman–Crippen MR) is 146 cm³/mol. The number of nitrogens with zero attached hydrogens (tertiary/aromatic N) is 1. The lowest BCUT2D eigenvalue weighted by atomic mass is 9.97. The maximum Gasteiger partial charge on any atom is 0.416 e. The normalized spacial score (nSPS) is 21.1. The summed E-state index contributed by atoms with van der Waals surface area (Å²) >= 11 is 0. The molecule has 2 heterocycles. The summed E-state index contributed by atoms with van der Waals surface area (Å²) < 4.78 is 78.9. The van der Waals surface area contributed by atoms with E-state index in [1.165, 1.54) is 17.0 Å². The number of nitrogens with one attached hydrogen (secondary N) is 3. The van der Waals surface area contributed by atoms with Gasteiger partial charge in [0, 0.05) is 37.9 Å². The minimum absolute atomic E-state index is 0.0138. The van der Waals surface area contributed by atoms with Crippen LogP contribution in [0.2, 0.25) is 0 Å². The molecule has 1 aromatic carbocycles. The topological polar surface area (TPSA) is 194 Å². The number of benzene rings is 1. The van der Waals surface area contributed by atoms with E-state index in [1.54, 1.807) is 13.8 Å². The van der Waals surface area contributed by atoms with Crippen molar-refractivity contribution in [1.82, 2.24) is 20.9 Å². The molecule has 246 valence electrons. The first-order chi connectivity index (χ1) is 20.4. The van der Waals surface area contributed by atoms with Gasteiger partial charge in [0.25, 0.3) is 0 Å². The van der Waals surface area contributed by atoms with Gasteiger partial charge in [-0.2, -0.15) is 13.2 Å². The van der Waals surface area contributed by atoms with Crippen molar-refractivity contribution >= 4 is 33.9 Å². The highest BCUT2D eigenvalue weighted by molar-refractivity contribution is 7.86. The van der Waals surface area contributed by atoms with E-state index < -0.39 is 69.1 Å². The molecule has 4 N–H and O–H groups in total. The fourth-order valence-electron chi connectivity index (χ4n) is 5.17. The number of amides is 4. The van der Waals surface area contributed by atoms with Crippen molar-refractivity contribution in [2.45, 2.75) is 69.8 Å². The third-order valence-electron chi connectivity index (χ3n) is 7.36. The summed E-state index contributed by atoms with van der Waals surface area (Å²) in [7, 11) is -5.27. The van der Waals surface area contributed by atoms with Gasteiger partial charge in [-0.1, -0.05) is 26.0 Å². The summed E-state index contributed by atoms with van der Waals surface area (Å²) in [5, 5.41) is 17.3. The predicted octanol–water partition coefficient (Wildman–Crippen LogP) is 1.07. The molecule has 0 bridgehead atoms. The van der Waals surface area contributed by atoms with E-state index in [1.807, 2.05) is 0 Å². The molecule has 0 aromatic heterocycles. The van der Waals surface area contributed by atoms with Crippen LogP contribution in [0.15, 0.2) is 24.3 Å². The molecule has 13 nitrogen and oxygen atoms in total. The number of hydrogen-bond donors (Lipinski definition) is 4. The first kappa shape index (κ1) is 35.0. The number of aliphatic hydroxyl groups is 1. The number of alkyl carbamates (subject to hydrolysis) is 1. The van der Waals surface area contributed by atoms with Crippen molar-refractivity contribution in [3.8, 4) is 0 Å². The van der Waals surface area contributed by atoms with Crippen LogP contribution in [0.5, 0.6) is 0 Å². The molecule has 2 aliphatic heterocycles. The van der Waals surface area contributed by atoms with E-state index in [9.17, 15) is 50.4 Å². The average molecular weight is 650 g/mol. The van der Waals surface area contributed by atoms with E-state index in [4.69, 9.17) is 4.74 Å². The average Bonchev–Trinajstić information content (AvgIpc) is 3.48. The van der Waals surface area contributed by atoms with Gasteiger partial charge in [-0.25, -0.2) is 13.2 Å². The zero-order valence-electron chi connectivity index (χ0n) is 24.1. The molecular formula is C27H36F3N4O9S-. The summed E-state index contributed by atoms with van der Waals surface area (Å²) in [6.45, 7) is 3.62. The molecule has 2 unspecified atom stereocenters. The fraction of sp³-hybridized carbons (Fsp3) is 0.630. The molecule has 2 fully saturated rings. The fourth-order valence-corrected chi connectivity index (χ4v) is 5.75. The van der Waals surface area contributed by atoms with Gasteiger partial charge in [-0.15, -0.1) is 0 Å². The van der Waals surface area contributed by atoms with Crippen molar-refractivity contribution < 1.29 is 55.2 Å². The first-order valence-electron chi connectivity index (χ1n) is 14.0. The van der Waals surface area contributed by atoms with E-state index in [0.29, 0.717) is 13.0 Å². The number of ether oxygens (including phenoxy) is 1. The van der Waals surface area contributed by atoms with Crippen LogP contribution in [0.3, 0.4) is 0 Å². The minimum Gasteiger partial charge on any atom is -0.746 e. The third kappa shape index (κ3) is 10.1. The Morgan fingerprint density at radius 1 is 1.23 bits per heavy atom. The highest BCUT2D eigenvalue weighted by atomic mass is 32.2. The lowest BCUT2D eigenvalue weighted by molar-refractivity contribution is -0.137. The second-order valence-electron chi connectivity index (χ2n) is 11.5. The monoisotopic (exact) mass is 649 g/mol. The molecular weight excluding hydrogens is 613 g/mol. The highest BCUT2D eigenvalue weighted by Gasteiger charge is 2.36. The van der Waals surface area contributed by atoms with Crippen molar-refractivity contribution in [2.75, 3.05) is 19.7 Å². The molecule has 0 saturated carbocycles. The first-order valence-corrected chi connectivity index (χ1v) is 15.5. The molecule has 0 spiro atoms. The second kappa shape index (κ2) is 14.6. The Bertz CT molecular complexity index is 1330. The van der Waals surface area contributed by atoms with Gasteiger partial charge in [0.1, 0.15) is 16.2 Å². The maximum absolute atomic E-state index is 13.1. The molecule has 0 aliphatic carbocycles. The van der Waals surface area contributed by atoms with Gasteiger partial charge in [0.2, 0.25) is 17.7 Å². The Kier molecular flexibility index (Phi) is 11.6. The van der Waals surface area contributed by atoms with Crippen molar-refractivity contribution in [3.63, 3.8) is 0 Å². The maximum atomic E-state index is 13.1. The number of hydrogen-bond acceptors (Lipinski definition) is 9. The second-order valence-corrected chi connectivity index (χ2v) is 12.9. The summed E-state index contributed by atoms with van der Waals surface area (Å²) in [6, 6.07) is 1.72. The van der Waals surface area contributed by atoms with Crippen LogP contribution in [0.25, 0.3) is 0 Å². The van der Waals surface area contributed by atoms with E-state index >= 15 is 0 Å². The van der Waals surface area contributed by atoms with Gasteiger partial charge >= 0.3 is 12.3 Å². The van der Waals surface area contributed by atoms with Gasteiger partial charge in [0.05, 0.1) is 18.2 Å². The number of halogens is 3. The number of rotatable bonds is 13. The van der Waals surface area contributed by atoms with Crippen molar-refractivity contribution in [1.29, 1.82) is 0 Å². The van der Waals surface area contributed by atoms with Crippen LogP contribution in [-0.2, 0) is 42.0 Å². The lowest BCUT2D eigenvalue weighted by Crippen LogP contribution is -2.55. The Labute approximate surface area is 252 Å². The smallest absolute Gasteiger partial charge is 0.416 e. The molecule has 3 rings (SSSR count). The van der Waals surface area contributed by atoms with E-state index in [-0.39, 0.29) is 56.3 Å². The zero-order valence-corrected chi connectivity index (χ0v) is 24.9. The quantitative estimate of drug-likeness (QED) is 0.226. The van der Waals surface area contributed by atoms with E-state index in [2.05, 4.69) is 16.0 Å². The molecule has 44 heavy (non-hydrogen) atoms. The van der Waals surface area contributed by atoms with Crippen LogP contribution >= 0.6 is 0 Å². The van der Waals surface area contributed by atoms with Crippen LogP contribution in [0.1, 0.15) is 50.7 Å².